The van der Waals surface area contributed by atoms with E-state index in [4.69, 9.17) is 27.9 Å². The second-order valence-corrected chi connectivity index (χ2v) is 9.57. The fourth-order valence-corrected chi connectivity index (χ4v) is 5.04. The van der Waals surface area contributed by atoms with Crippen molar-refractivity contribution < 1.29 is 14.3 Å². The highest BCUT2D eigenvalue weighted by Gasteiger charge is 2.26. The van der Waals surface area contributed by atoms with Gasteiger partial charge in [-0.15, -0.1) is 22.7 Å². The Hall–Kier alpha value is -2.13. The third kappa shape index (κ3) is 4.95. The van der Waals surface area contributed by atoms with Crippen LogP contribution in [0.2, 0.25) is 9.36 Å². The highest BCUT2D eigenvalue weighted by Crippen LogP contribution is 2.33. The van der Waals surface area contributed by atoms with E-state index in [1.165, 1.54) is 22.7 Å². The van der Waals surface area contributed by atoms with Gasteiger partial charge in [-0.25, -0.2) is 4.98 Å². The molecule has 2 amide bonds. The van der Waals surface area contributed by atoms with Crippen LogP contribution in [0.1, 0.15) is 10.5 Å². The van der Waals surface area contributed by atoms with E-state index in [1.54, 1.807) is 39.4 Å². The predicted octanol–water partition coefficient (Wildman–Crippen LogP) is 4.54. The Morgan fingerprint density at radius 2 is 1.70 bits per heavy atom. The summed E-state index contributed by atoms with van der Waals surface area (Å²) in [7, 11) is 0. The molecule has 0 aliphatic carbocycles. The number of ether oxygens (including phenoxy) is 1. The van der Waals surface area contributed by atoms with Gasteiger partial charge >= 0.3 is 0 Å². The van der Waals surface area contributed by atoms with Crippen LogP contribution in [0.4, 0.5) is 0 Å². The molecule has 156 valence electrons. The van der Waals surface area contributed by atoms with E-state index < -0.39 is 0 Å². The number of carbonyl (C=O) groups excluding carboxylic acids is 2. The van der Waals surface area contributed by atoms with Crippen LogP contribution in [0.15, 0.2) is 41.8 Å². The van der Waals surface area contributed by atoms with E-state index in [1.807, 2.05) is 12.1 Å². The van der Waals surface area contributed by atoms with Gasteiger partial charge in [0.05, 0.1) is 9.21 Å². The zero-order valence-electron chi connectivity index (χ0n) is 15.7. The normalized spacial score (nSPS) is 14.1. The molecule has 0 atom stereocenters. The van der Waals surface area contributed by atoms with Crippen LogP contribution >= 0.6 is 45.9 Å². The summed E-state index contributed by atoms with van der Waals surface area (Å²) in [6.07, 6.45) is 0. The molecule has 1 aliphatic rings. The maximum atomic E-state index is 12.8. The summed E-state index contributed by atoms with van der Waals surface area (Å²) in [5.41, 5.74) is 0.422. The van der Waals surface area contributed by atoms with Crippen molar-refractivity contribution in [2.45, 2.75) is 0 Å². The summed E-state index contributed by atoms with van der Waals surface area (Å²) in [5.74, 6) is 0.361. The number of hydrogen-bond acceptors (Lipinski definition) is 6. The first-order valence-electron chi connectivity index (χ1n) is 9.16. The molecule has 6 nitrogen and oxygen atoms in total. The highest BCUT2D eigenvalue weighted by atomic mass is 35.5. The lowest BCUT2D eigenvalue weighted by molar-refractivity contribution is -0.134. The molecule has 1 aliphatic heterocycles. The van der Waals surface area contributed by atoms with Crippen LogP contribution in [0.5, 0.6) is 5.75 Å². The first kappa shape index (κ1) is 21.1. The second-order valence-electron chi connectivity index (χ2n) is 6.56. The average Bonchev–Trinajstić information content (AvgIpc) is 3.42. The van der Waals surface area contributed by atoms with Gasteiger partial charge in [0.25, 0.3) is 11.8 Å². The molecule has 10 heteroatoms. The molecule has 4 rings (SSSR count). The van der Waals surface area contributed by atoms with Crippen LogP contribution in [-0.4, -0.2) is 59.4 Å². The molecule has 0 spiro atoms. The molecule has 1 aromatic carbocycles. The summed E-state index contributed by atoms with van der Waals surface area (Å²) >= 11 is 14.7. The van der Waals surface area contributed by atoms with E-state index in [0.29, 0.717) is 47.0 Å². The number of halogens is 2. The summed E-state index contributed by atoms with van der Waals surface area (Å²) in [6, 6.07) is 10.6. The van der Waals surface area contributed by atoms with E-state index >= 15 is 0 Å². The Balaban J connectivity index is 1.28. The van der Waals surface area contributed by atoms with Crippen LogP contribution in [0.25, 0.3) is 9.88 Å². The summed E-state index contributed by atoms with van der Waals surface area (Å²) in [4.78, 5) is 34.0. The lowest BCUT2D eigenvalue weighted by Crippen LogP contribution is -2.51. The fraction of sp³-hybridized carbons (Fsp3) is 0.250. The minimum Gasteiger partial charge on any atom is -0.484 e. The number of hydrogen-bond donors (Lipinski definition) is 0. The largest absolute Gasteiger partial charge is 0.484 e. The van der Waals surface area contributed by atoms with E-state index in [9.17, 15) is 9.59 Å². The van der Waals surface area contributed by atoms with Crippen molar-refractivity contribution in [3.63, 3.8) is 0 Å². The van der Waals surface area contributed by atoms with Gasteiger partial charge < -0.3 is 14.5 Å². The molecule has 0 N–H and O–H groups in total. The lowest BCUT2D eigenvalue weighted by atomic mass is 10.3. The van der Waals surface area contributed by atoms with Gasteiger partial charge in [-0.05, 0) is 36.4 Å². The molecular weight excluding hydrogens is 465 g/mol. The van der Waals surface area contributed by atoms with E-state index in [0.717, 1.165) is 9.88 Å². The van der Waals surface area contributed by atoms with Crippen LogP contribution in [0.3, 0.4) is 0 Å². The van der Waals surface area contributed by atoms with Gasteiger partial charge in [-0.2, -0.15) is 0 Å². The standard InChI is InChI=1S/C20H17Cl2N3O3S2/c21-13-1-3-14(4-2-13)28-11-18(26)24-7-9-25(10-8-24)20(27)15-12-29-19(23-15)16-5-6-17(22)30-16/h1-6,12H,7-11H2. The first-order chi connectivity index (χ1) is 14.5. The monoisotopic (exact) mass is 481 g/mol. The van der Waals surface area contributed by atoms with Crippen molar-refractivity contribution in [3.8, 4) is 15.6 Å². The zero-order valence-corrected chi connectivity index (χ0v) is 18.9. The third-order valence-corrected chi connectivity index (χ3v) is 7.10. The van der Waals surface area contributed by atoms with Crippen molar-refractivity contribution >= 4 is 57.7 Å². The van der Waals surface area contributed by atoms with Crippen molar-refractivity contribution in [3.05, 3.63) is 56.8 Å². The molecule has 0 radical (unpaired) electrons. The molecule has 3 aromatic rings. The third-order valence-electron chi connectivity index (χ3n) is 4.60. The maximum Gasteiger partial charge on any atom is 0.273 e. The zero-order chi connectivity index (χ0) is 21.1. The average molecular weight is 482 g/mol. The Morgan fingerprint density at radius 1 is 1.00 bits per heavy atom. The van der Waals surface area contributed by atoms with Gasteiger partial charge in [-0.3, -0.25) is 9.59 Å². The Labute approximate surface area is 191 Å². The Bertz CT molecular complexity index is 1040. The fourth-order valence-electron chi connectivity index (χ4n) is 3.00. The number of rotatable bonds is 5. The number of carbonyl (C=O) groups is 2. The topological polar surface area (TPSA) is 62.7 Å². The molecule has 0 bridgehead atoms. The van der Waals surface area contributed by atoms with Crippen molar-refractivity contribution in [2.24, 2.45) is 0 Å². The first-order valence-corrected chi connectivity index (χ1v) is 11.6. The van der Waals surface area contributed by atoms with Crippen LogP contribution in [0, 0.1) is 0 Å². The number of thiazole rings is 1. The summed E-state index contributed by atoms with van der Waals surface area (Å²) in [5, 5.41) is 3.16. The van der Waals surface area contributed by atoms with Crippen molar-refractivity contribution in [2.75, 3.05) is 32.8 Å². The Morgan fingerprint density at radius 3 is 2.37 bits per heavy atom. The predicted molar refractivity (Wildman–Crippen MR) is 120 cm³/mol. The maximum absolute atomic E-state index is 12.8. The molecule has 30 heavy (non-hydrogen) atoms. The smallest absolute Gasteiger partial charge is 0.273 e. The molecule has 2 aromatic heterocycles. The lowest BCUT2D eigenvalue weighted by Gasteiger charge is -2.34. The molecule has 3 heterocycles. The summed E-state index contributed by atoms with van der Waals surface area (Å²) in [6.45, 7) is 1.80. The van der Waals surface area contributed by atoms with Gasteiger partial charge in [-0.1, -0.05) is 23.2 Å². The quantitative estimate of drug-likeness (QED) is 0.536. The van der Waals surface area contributed by atoms with Crippen molar-refractivity contribution in [1.82, 2.24) is 14.8 Å². The number of nitrogens with zero attached hydrogens (tertiary/aromatic N) is 3. The van der Waals surface area contributed by atoms with E-state index in [2.05, 4.69) is 4.98 Å². The van der Waals surface area contributed by atoms with Crippen LogP contribution in [-0.2, 0) is 4.79 Å². The summed E-state index contributed by atoms with van der Waals surface area (Å²) < 4.78 is 6.21. The molecule has 1 saturated heterocycles. The number of aromatic nitrogens is 1. The molecule has 0 saturated carbocycles. The molecule has 1 fully saturated rings. The number of piperazine rings is 1. The van der Waals surface area contributed by atoms with Gasteiger partial charge in [0, 0.05) is 36.6 Å². The van der Waals surface area contributed by atoms with Crippen LogP contribution < -0.4 is 4.74 Å². The SMILES string of the molecule is O=C(COc1ccc(Cl)cc1)N1CCN(C(=O)c2csc(-c3ccc(Cl)s3)n2)CC1. The number of benzene rings is 1. The van der Waals surface area contributed by atoms with Gasteiger partial charge in [0.15, 0.2) is 6.61 Å². The molecular formula is C20H17Cl2N3O3S2. The highest BCUT2D eigenvalue weighted by molar-refractivity contribution is 7.23. The Kier molecular flexibility index (Phi) is 6.58. The minimum absolute atomic E-state index is 0.0472. The second kappa shape index (κ2) is 9.34. The van der Waals surface area contributed by atoms with E-state index in [-0.39, 0.29) is 18.4 Å². The number of amides is 2. The van der Waals surface area contributed by atoms with Gasteiger partial charge in [0.2, 0.25) is 0 Å². The number of thiophene rings is 1. The van der Waals surface area contributed by atoms with Crippen molar-refractivity contribution in [1.29, 1.82) is 0 Å². The minimum atomic E-state index is -0.121. The van der Waals surface area contributed by atoms with Gasteiger partial charge in [0.1, 0.15) is 16.5 Å². The molecule has 0 unspecified atom stereocenters.